The highest BCUT2D eigenvalue weighted by Crippen LogP contribution is 2.27. The number of ether oxygens (including phenoxy) is 1. The summed E-state index contributed by atoms with van der Waals surface area (Å²) in [5.74, 6) is 0.129. The van der Waals surface area contributed by atoms with Gasteiger partial charge in [0.05, 0.1) is 13.2 Å². The summed E-state index contributed by atoms with van der Waals surface area (Å²) in [6.45, 7) is 6.26. The largest absolute Gasteiger partial charge is 0.435 e. The minimum absolute atomic E-state index is 0.168. The molecule has 134 valence electrons. The first-order valence-corrected chi connectivity index (χ1v) is 8.05. The number of halogens is 3. The first kappa shape index (κ1) is 17.2. The highest BCUT2D eigenvalue weighted by Gasteiger charge is 2.37. The van der Waals surface area contributed by atoms with Crippen LogP contribution in [0.3, 0.4) is 0 Å². The van der Waals surface area contributed by atoms with Crippen LogP contribution in [0.15, 0.2) is 12.3 Å². The van der Waals surface area contributed by atoms with Crippen molar-refractivity contribution in [1.29, 1.82) is 0 Å². The van der Waals surface area contributed by atoms with Gasteiger partial charge in [0.25, 0.3) is 0 Å². The summed E-state index contributed by atoms with van der Waals surface area (Å²) in [6.07, 6.45) is -3.29. The molecule has 2 saturated heterocycles. The fourth-order valence-electron chi connectivity index (χ4n) is 3.38. The Balaban J connectivity index is 1.58. The third-order valence-corrected chi connectivity index (χ3v) is 4.67. The Morgan fingerprint density at radius 3 is 2.67 bits per heavy atom. The molecule has 9 heteroatoms. The number of hydrogen-bond acceptors (Lipinski definition) is 4. The Hall–Kier alpha value is -1.61. The van der Waals surface area contributed by atoms with E-state index in [1.165, 1.54) is 6.20 Å². The first-order valence-electron chi connectivity index (χ1n) is 8.05. The Bertz CT molecular complexity index is 584. The van der Waals surface area contributed by atoms with Crippen LogP contribution in [0.1, 0.15) is 12.6 Å². The SMILES string of the molecule is C[C@@H]1CN(C(=O)Cn2ccc(C(F)(F)F)n2)C[C@@H]1N1CCOCC1. The van der Waals surface area contributed by atoms with Gasteiger partial charge in [-0.25, -0.2) is 0 Å². The second kappa shape index (κ2) is 6.72. The maximum absolute atomic E-state index is 12.6. The van der Waals surface area contributed by atoms with E-state index >= 15 is 0 Å². The molecule has 0 bridgehead atoms. The van der Waals surface area contributed by atoms with E-state index in [2.05, 4.69) is 16.9 Å². The zero-order valence-corrected chi connectivity index (χ0v) is 13.5. The summed E-state index contributed by atoms with van der Waals surface area (Å²) >= 11 is 0. The standard InChI is InChI=1S/C15H21F3N4O2/c1-11-8-21(9-12(11)20-4-6-24-7-5-20)14(23)10-22-3-2-13(19-22)15(16,17)18/h2-3,11-12H,4-10H2,1H3/t11-,12+/m1/s1. The molecule has 24 heavy (non-hydrogen) atoms. The number of alkyl halides is 3. The highest BCUT2D eigenvalue weighted by molar-refractivity contribution is 5.76. The summed E-state index contributed by atoms with van der Waals surface area (Å²) in [6, 6.07) is 1.16. The Kier molecular flexibility index (Phi) is 4.82. The van der Waals surface area contributed by atoms with Crippen LogP contribution in [0, 0.1) is 5.92 Å². The number of amides is 1. The molecule has 1 amide bonds. The molecular weight excluding hydrogens is 325 g/mol. The Morgan fingerprint density at radius 1 is 1.33 bits per heavy atom. The van der Waals surface area contributed by atoms with Crippen LogP contribution in [0.5, 0.6) is 0 Å². The van der Waals surface area contributed by atoms with E-state index in [1.54, 1.807) is 4.90 Å². The van der Waals surface area contributed by atoms with Crippen molar-refractivity contribution in [1.82, 2.24) is 19.6 Å². The summed E-state index contributed by atoms with van der Waals surface area (Å²) in [7, 11) is 0. The van der Waals surface area contributed by atoms with Crippen LogP contribution in [-0.2, 0) is 22.3 Å². The minimum atomic E-state index is -4.49. The van der Waals surface area contributed by atoms with Gasteiger partial charge < -0.3 is 9.64 Å². The van der Waals surface area contributed by atoms with Gasteiger partial charge in [0, 0.05) is 38.4 Å². The Morgan fingerprint density at radius 2 is 2.04 bits per heavy atom. The van der Waals surface area contributed by atoms with Crippen molar-refractivity contribution in [3.05, 3.63) is 18.0 Å². The molecule has 1 aromatic heterocycles. The number of likely N-dealkylation sites (tertiary alicyclic amines) is 1. The molecule has 3 heterocycles. The molecule has 0 spiro atoms. The number of nitrogens with zero attached hydrogens (tertiary/aromatic N) is 4. The highest BCUT2D eigenvalue weighted by atomic mass is 19.4. The van der Waals surface area contributed by atoms with Gasteiger partial charge in [0.2, 0.25) is 5.91 Å². The summed E-state index contributed by atoms with van der Waals surface area (Å²) in [5.41, 5.74) is -0.976. The van der Waals surface area contributed by atoms with E-state index in [0.29, 0.717) is 32.2 Å². The molecule has 0 unspecified atom stereocenters. The Labute approximate surface area is 138 Å². The van der Waals surface area contributed by atoms with Crippen LogP contribution in [0.4, 0.5) is 13.2 Å². The normalized spacial score (nSPS) is 26.1. The average Bonchev–Trinajstić information content (AvgIpc) is 3.14. The predicted octanol–water partition coefficient (Wildman–Crippen LogP) is 1.08. The van der Waals surface area contributed by atoms with Gasteiger partial charge in [-0.3, -0.25) is 14.4 Å². The van der Waals surface area contributed by atoms with E-state index in [-0.39, 0.29) is 18.5 Å². The lowest BCUT2D eigenvalue weighted by Crippen LogP contribution is -2.47. The number of carbonyl (C=O) groups excluding carboxylic acids is 1. The fourth-order valence-corrected chi connectivity index (χ4v) is 3.38. The van der Waals surface area contributed by atoms with Gasteiger partial charge in [0.1, 0.15) is 6.54 Å². The van der Waals surface area contributed by atoms with Crippen molar-refractivity contribution in [3.63, 3.8) is 0 Å². The summed E-state index contributed by atoms with van der Waals surface area (Å²) in [5, 5.41) is 3.44. The van der Waals surface area contributed by atoms with E-state index in [0.717, 1.165) is 23.8 Å². The van der Waals surface area contributed by atoms with Crippen LogP contribution in [0.25, 0.3) is 0 Å². The van der Waals surface area contributed by atoms with Gasteiger partial charge in [0.15, 0.2) is 5.69 Å². The van der Waals surface area contributed by atoms with Crippen molar-refractivity contribution in [2.45, 2.75) is 25.7 Å². The van der Waals surface area contributed by atoms with Crippen molar-refractivity contribution >= 4 is 5.91 Å². The van der Waals surface area contributed by atoms with Gasteiger partial charge in [-0.05, 0) is 12.0 Å². The maximum Gasteiger partial charge on any atom is 0.435 e. The predicted molar refractivity (Wildman–Crippen MR) is 79.2 cm³/mol. The molecule has 6 nitrogen and oxygen atoms in total. The topological polar surface area (TPSA) is 50.6 Å². The third-order valence-electron chi connectivity index (χ3n) is 4.67. The summed E-state index contributed by atoms with van der Waals surface area (Å²) in [4.78, 5) is 16.4. The number of carbonyl (C=O) groups is 1. The molecule has 2 aliphatic heterocycles. The quantitative estimate of drug-likeness (QED) is 0.822. The lowest BCUT2D eigenvalue weighted by atomic mass is 10.0. The molecule has 1 aromatic rings. The van der Waals surface area contributed by atoms with Crippen LogP contribution in [-0.4, -0.2) is 70.9 Å². The smallest absolute Gasteiger partial charge is 0.379 e. The second-order valence-electron chi connectivity index (χ2n) is 6.39. The number of aromatic nitrogens is 2. The van der Waals surface area contributed by atoms with Gasteiger partial charge in [-0.15, -0.1) is 0 Å². The van der Waals surface area contributed by atoms with Gasteiger partial charge in [-0.1, -0.05) is 6.92 Å². The monoisotopic (exact) mass is 346 g/mol. The third kappa shape index (κ3) is 3.72. The molecule has 3 rings (SSSR count). The van der Waals surface area contributed by atoms with Gasteiger partial charge >= 0.3 is 6.18 Å². The first-order chi connectivity index (χ1) is 11.3. The fraction of sp³-hybridized carbons (Fsp3) is 0.733. The number of morpholine rings is 1. The molecule has 0 saturated carbocycles. The van der Waals surface area contributed by atoms with E-state index in [4.69, 9.17) is 4.74 Å². The van der Waals surface area contributed by atoms with Crippen LogP contribution in [0.2, 0.25) is 0 Å². The molecule has 0 radical (unpaired) electrons. The molecule has 2 aliphatic rings. The van der Waals surface area contributed by atoms with Crippen molar-refractivity contribution in [2.24, 2.45) is 5.92 Å². The van der Waals surface area contributed by atoms with Crippen molar-refractivity contribution in [3.8, 4) is 0 Å². The van der Waals surface area contributed by atoms with Crippen molar-refractivity contribution < 1.29 is 22.7 Å². The minimum Gasteiger partial charge on any atom is -0.379 e. The van der Waals surface area contributed by atoms with E-state index in [1.807, 2.05) is 0 Å². The lowest BCUT2D eigenvalue weighted by molar-refractivity contribution is -0.142. The molecule has 2 atom stereocenters. The molecule has 0 aliphatic carbocycles. The van der Waals surface area contributed by atoms with Gasteiger partial charge in [-0.2, -0.15) is 18.3 Å². The number of rotatable bonds is 3. The maximum atomic E-state index is 12.6. The molecule has 0 aromatic carbocycles. The molecule has 2 fully saturated rings. The molecular formula is C15H21F3N4O2. The molecule has 0 N–H and O–H groups in total. The van der Waals surface area contributed by atoms with Crippen LogP contribution >= 0.6 is 0 Å². The number of hydrogen-bond donors (Lipinski definition) is 0. The van der Waals surface area contributed by atoms with Crippen molar-refractivity contribution in [2.75, 3.05) is 39.4 Å². The zero-order valence-electron chi connectivity index (χ0n) is 13.5. The summed E-state index contributed by atoms with van der Waals surface area (Å²) < 4.78 is 44.1. The second-order valence-corrected chi connectivity index (χ2v) is 6.39. The van der Waals surface area contributed by atoms with E-state index < -0.39 is 11.9 Å². The zero-order chi connectivity index (χ0) is 17.3. The van der Waals surface area contributed by atoms with E-state index in [9.17, 15) is 18.0 Å². The lowest BCUT2D eigenvalue weighted by Gasteiger charge is -2.33. The van der Waals surface area contributed by atoms with Crippen LogP contribution < -0.4 is 0 Å². The average molecular weight is 346 g/mol.